The Hall–Kier alpha value is -2.62. The Bertz CT molecular complexity index is 740. The molecule has 0 spiro atoms. The molecule has 1 aliphatic heterocycles. The van der Waals surface area contributed by atoms with Gasteiger partial charge >= 0.3 is 0 Å². The summed E-state index contributed by atoms with van der Waals surface area (Å²) in [6.07, 6.45) is 3.36. The number of aryl methyl sites for hydroxylation is 2. The summed E-state index contributed by atoms with van der Waals surface area (Å²) in [5.74, 6) is -0.789. The smallest absolute Gasteiger partial charge is 0.239 e. The van der Waals surface area contributed by atoms with Gasteiger partial charge < -0.3 is 10.2 Å². The lowest BCUT2D eigenvalue weighted by molar-refractivity contribution is -0.132. The summed E-state index contributed by atoms with van der Waals surface area (Å²) in [4.78, 5) is 26.7. The van der Waals surface area contributed by atoms with Crippen LogP contribution < -0.4 is 10.2 Å². The van der Waals surface area contributed by atoms with Crippen molar-refractivity contribution in [2.75, 3.05) is 18.0 Å². The molecule has 0 aromatic heterocycles. The van der Waals surface area contributed by atoms with Crippen molar-refractivity contribution in [1.82, 2.24) is 5.32 Å². The Balaban J connectivity index is 1.48. The molecule has 4 heteroatoms. The fraction of sp³-hybridized carbons (Fsp3) is 0.364. The van der Waals surface area contributed by atoms with Crippen molar-refractivity contribution >= 4 is 17.5 Å². The van der Waals surface area contributed by atoms with E-state index in [1.54, 1.807) is 4.90 Å². The van der Waals surface area contributed by atoms with Gasteiger partial charge in [-0.2, -0.15) is 0 Å². The fourth-order valence-corrected chi connectivity index (χ4v) is 3.36. The maximum absolute atomic E-state index is 12.6. The van der Waals surface area contributed by atoms with Crippen molar-refractivity contribution in [3.05, 3.63) is 65.7 Å². The normalized spacial score (nSPS) is 16.7. The van der Waals surface area contributed by atoms with Crippen LogP contribution in [0.15, 0.2) is 54.6 Å². The molecule has 0 saturated carbocycles. The largest absolute Gasteiger partial charge is 0.355 e. The van der Waals surface area contributed by atoms with Crippen LogP contribution in [0.3, 0.4) is 0 Å². The molecule has 1 heterocycles. The van der Waals surface area contributed by atoms with Gasteiger partial charge in [0.1, 0.15) is 5.92 Å². The lowest BCUT2D eigenvalue weighted by Crippen LogP contribution is -2.37. The van der Waals surface area contributed by atoms with E-state index in [1.165, 1.54) is 11.1 Å². The third kappa shape index (κ3) is 4.31. The Morgan fingerprint density at radius 3 is 2.50 bits per heavy atom. The van der Waals surface area contributed by atoms with E-state index in [1.807, 2.05) is 42.5 Å². The summed E-state index contributed by atoms with van der Waals surface area (Å²) in [6.45, 7) is 3.31. The van der Waals surface area contributed by atoms with Crippen molar-refractivity contribution in [3.63, 3.8) is 0 Å². The molecule has 1 saturated heterocycles. The molecule has 4 nitrogen and oxygen atoms in total. The highest BCUT2D eigenvalue weighted by atomic mass is 16.2. The molecule has 0 radical (unpaired) electrons. The van der Waals surface area contributed by atoms with Crippen molar-refractivity contribution in [2.24, 2.45) is 5.92 Å². The van der Waals surface area contributed by atoms with Gasteiger partial charge in [-0.3, -0.25) is 9.59 Å². The molecule has 0 bridgehead atoms. The van der Waals surface area contributed by atoms with Crippen LogP contribution in [0, 0.1) is 5.92 Å². The van der Waals surface area contributed by atoms with E-state index in [9.17, 15) is 9.59 Å². The Labute approximate surface area is 155 Å². The topological polar surface area (TPSA) is 49.4 Å². The number of hydrogen-bond acceptors (Lipinski definition) is 2. The second-order valence-electron chi connectivity index (χ2n) is 6.73. The van der Waals surface area contributed by atoms with Gasteiger partial charge in [0.25, 0.3) is 0 Å². The van der Waals surface area contributed by atoms with Crippen LogP contribution in [0.1, 0.15) is 30.9 Å². The van der Waals surface area contributed by atoms with Crippen molar-refractivity contribution < 1.29 is 9.59 Å². The molecule has 1 atom stereocenters. The second kappa shape index (κ2) is 8.65. The minimum absolute atomic E-state index is 0.0881. The monoisotopic (exact) mass is 350 g/mol. The Morgan fingerprint density at radius 2 is 1.81 bits per heavy atom. The number of benzene rings is 2. The SMILES string of the molecule is CCc1ccc(N2CCC(C(=O)NCCCc3ccccc3)C2=O)cc1. The van der Waals surface area contributed by atoms with Crippen LogP contribution in [-0.2, 0) is 22.4 Å². The molecule has 1 fully saturated rings. The average molecular weight is 350 g/mol. The molecule has 1 unspecified atom stereocenters. The zero-order valence-corrected chi connectivity index (χ0v) is 15.3. The number of anilines is 1. The number of rotatable bonds is 7. The van der Waals surface area contributed by atoms with Gasteiger partial charge in [0, 0.05) is 18.8 Å². The maximum Gasteiger partial charge on any atom is 0.239 e. The summed E-state index contributed by atoms with van der Waals surface area (Å²) in [5.41, 5.74) is 3.39. The highest BCUT2D eigenvalue weighted by molar-refractivity contribution is 6.09. The number of nitrogens with one attached hydrogen (secondary N) is 1. The number of hydrogen-bond donors (Lipinski definition) is 1. The molecule has 1 aliphatic rings. The first-order valence-corrected chi connectivity index (χ1v) is 9.41. The quantitative estimate of drug-likeness (QED) is 0.615. The molecule has 0 aliphatic carbocycles. The van der Waals surface area contributed by atoms with Gasteiger partial charge in [0.15, 0.2) is 0 Å². The van der Waals surface area contributed by atoms with E-state index in [4.69, 9.17) is 0 Å². The summed E-state index contributed by atoms with van der Waals surface area (Å²) < 4.78 is 0. The lowest BCUT2D eigenvalue weighted by Gasteiger charge is -2.17. The first kappa shape index (κ1) is 18.2. The molecule has 26 heavy (non-hydrogen) atoms. The van der Waals surface area contributed by atoms with Gasteiger partial charge in [-0.15, -0.1) is 0 Å². The van der Waals surface area contributed by atoms with E-state index in [0.717, 1.165) is 24.9 Å². The molecular weight excluding hydrogens is 324 g/mol. The Morgan fingerprint density at radius 1 is 1.08 bits per heavy atom. The fourth-order valence-electron chi connectivity index (χ4n) is 3.36. The van der Waals surface area contributed by atoms with Gasteiger partial charge in [0.2, 0.25) is 11.8 Å². The first-order chi connectivity index (χ1) is 12.7. The number of nitrogens with zero attached hydrogens (tertiary/aromatic N) is 1. The van der Waals surface area contributed by atoms with Gasteiger partial charge in [0.05, 0.1) is 0 Å². The molecular formula is C22H26N2O2. The van der Waals surface area contributed by atoms with Crippen molar-refractivity contribution in [2.45, 2.75) is 32.6 Å². The standard InChI is InChI=1S/C22H26N2O2/c1-2-17-10-12-19(13-11-17)24-16-14-20(22(24)26)21(25)23-15-6-9-18-7-4-3-5-8-18/h3-5,7-8,10-13,20H,2,6,9,14-16H2,1H3,(H,23,25). The van der Waals surface area contributed by atoms with Gasteiger partial charge in [-0.05, 0) is 48.9 Å². The zero-order valence-electron chi connectivity index (χ0n) is 15.3. The first-order valence-electron chi connectivity index (χ1n) is 9.41. The van der Waals surface area contributed by atoms with Gasteiger partial charge in [-0.25, -0.2) is 0 Å². The van der Waals surface area contributed by atoms with Crippen LogP contribution in [0.4, 0.5) is 5.69 Å². The lowest BCUT2D eigenvalue weighted by atomic mass is 10.1. The second-order valence-corrected chi connectivity index (χ2v) is 6.73. The van der Waals surface area contributed by atoms with Crippen molar-refractivity contribution in [1.29, 1.82) is 0 Å². The summed E-state index contributed by atoms with van der Waals surface area (Å²) >= 11 is 0. The molecule has 2 aromatic carbocycles. The van der Waals surface area contributed by atoms with E-state index in [2.05, 4.69) is 24.4 Å². The van der Waals surface area contributed by atoms with E-state index in [0.29, 0.717) is 19.5 Å². The molecule has 136 valence electrons. The van der Waals surface area contributed by atoms with Crippen LogP contribution in [0.5, 0.6) is 0 Å². The van der Waals surface area contributed by atoms with Crippen LogP contribution in [-0.4, -0.2) is 24.9 Å². The van der Waals surface area contributed by atoms with E-state index < -0.39 is 5.92 Å². The predicted molar refractivity (Wildman–Crippen MR) is 104 cm³/mol. The highest BCUT2D eigenvalue weighted by Gasteiger charge is 2.37. The number of carbonyl (C=O) groups excluding carboxylic acids is 2. The number of carbonyl (C=O) groups is 2. The molecule has 1 N–H and O–H groups in total. The molecule has 2 aromatic rings. The molecule has 2 amide bonds. The third-order valence-corrected chi connectivity index (χ3v) is 4.96. The summed E-state index contributed by atoms with van der Waals surface area (Å²) in [7, 11) is 0. The van der Waals surface area contributed by atoms with E-state index in [-0.39, 0.29) is 11.8 Å². The highest BCUT2D eigenvalue weighted by Crippen LogP contribution is 2.25. The maximum atomic E-state index is 12.6. The molecule has 3 rings (SSSR count). The Kier molecular flexibility index (Phi) is 6.05. The minimum atomic E-state index is -0.558. The predicted octanol–water partition coefficient (Wildman–Crippen LogP) is 3.35. The van der Waals surface area contributed by atoms with Crippen molar-refractivity contribution in [3.8, 4) is 0 Å². The number of amides is 2. The van der Waals surface area contributed by atoms with E-state index >= 15 is 0 Å². The van der Waals surface area contributed by atoms with Gasteiger partial charge in [-0.1, -0.05) is 49.4 Å². The summed E-state index contributed by atoms with van der Waals surface area (Å²) in [5, 5.41) is 2.93. The van der Waals surface area contributed by atoms with Crippen LogP contribution in [0.2, 0.25) is 0 Å². The third-order valence-electron chi connectivity index (χ3n) is 4.96. The van der Waals surface area contributed by atoms with Crippen LogP contribution >= 0.6 is 0 Å². The minimum Gasteiger partial charge on any atom is -0.355 e. The average Bonchev–Trinajstić information content (AvgIpc) is 3.07. The summed E-state index contributed by atoms with van der Waals surface area (Å²) in [6, 6.07) is 18.2. The zero-order chi connectivity index (χ0) is 18.4. The van der Waals surface area contributed by atoms with Crippen LogP contribution in [0.25, 0.3) is 0 Å².